The quantitative estimate of drug-likeness (QED) is 0.766. The molecule has 106 valence electrons. The van der Waals surface area contributed by atoms with Crippen LogP contribution in [0.25, 0.3) is 0 Å². The van der Waals surface area contributed by atoms with Crippen molar-refractivity contribution in [2.45, 2.75) is 12.2 Å². The highest BCUT2D eigenvalue weighted by Gasteiger charge is 2.15. The molecule has 0 saturated heterocycles. The lowest BCUT2D eigenvalue weighted by Crippen LogP contribution is -2.19. The van der Waals surface area contributed by atoms with Gasteiger partial charge in [-0.3, -0.25) is 0 Å². The SMILES string of the molecule is CN(C)CCCS(=O)(=O)Cc1ccccc1C(N)=S. The minimum absolute atomic E-state index is 0.00601. The highest BCUT2D eigenvalue weighted by molar-refractivity contribution is 7.90. The first-order chi connectivity index (χ1) is 8.82. The van der Waals surface area contributed by atoms with Gasteiger partial charge in [0.2, 0.25) is 0 Å². The lowest BCUT2D eigenvalue weighted by atomic mass is 10.1. The summed E-state index contributed by atoms with van der Waals surface area (Å²) < 4.78 is 24.1. The summed E-state index contributed by atoms with van der Waals surface area (Å²) in [7, 11) is 0.723. The van der Waals surface area contributed by atoms with E-state index in [2.05, 4.69) is 0 Å². The van der Waals surface area contributed by atoms with Crippen LogP contribution in [0.3, 0.4) is 0 Å². The predicted molar refractivity (Wildman–Crippen MR) is 83.0 cm³/mol. The zero-order chi connectivity index (χ0) is 14.5. The Morgan fingerprint density at radius 2 is 1.95 bits per heavy atom. The van der Waals surface area contributed by atoms with Crippen LogP contribution < -0.4 is 5.73 Å². The first-order valence-corrected chi connectivity index (χ1v) is 8.27. The molecule has 1 aromatic rings. The maximum absolute atomic E-state index is 12.1. The second kappa shape index (κ2) is 6.98. The molecule has 0 bridgehead atoms. The van der Waals surface area contributed by atoms with E-state index in [0.717, 1.165) is 6.54 Å². The average molecular weight is 300 g/mol. The fourth-order valence-electron chi connectivity index (χ4n) is 1.80. The van der Waals surface area contributed by atoms with Crippen LogP contribution in [0.5, 0.6) is 0 Å². The standard InChI is InChI=1S/C13H20N2O2S2/c1-15(2)8-5-9-19(16,17)10-11-6-3-4-7-12(11)13(14)18/h3-4,6-7H,5,8-10H2,1-2H3,(H2,14,18). The number of thiocarbonyl (C=S) groups is 1. The molecule has 2 N–H and O–H groups in total. The Kier molecular flexibility index (Phi) is 5.90. The van der Waals surface area contributed by atoms with Gasteiger partial charge < -0.3 is 10.6 Å². The summed E-state index contributed by atoms with van der Waals surface area (Å²) >= 11 is 4.94. The number of hydrogen-bond donors (Lipinski definition) is 1. The van der Waals surface area contributed by atoms with Crippen molar-refractivity contribution in [1.29, 1.82) is 0 Å². The van der Waals surface area contributed by atoms with Gasteiger partial charge in [-0.05, 0) is 32.6 Å². The van der Waals surface area contributed by atoms with Crippen LogP contribution in [-0.4, -0.2) is 44.7 Å². The van der Waals surface area contributed by atoms with E-state index >= 15 is 0 Å². The Labute approximate surface area is 120 Å². The van der Waals surface area contributed by atoms with Crippen LogP contribution in [0.4, 0.5) is 0 Å². The van der Waals surface area contributed by atoms with Crippen LogP contribution in [0.2, 0.25) is 0 Å². The summed E-state index contributed by atoms with van der Waals surface area (Å²) in [6.07, 6.45) is 0.630. The van der Waals surface area contributed by atoms with Crippen LogP contribution in [0.15, 0.2) is 24.3 Å². The Balaban J connectivity index is 2.76. The number of rotatable bonds is 7. The maximum atomic E-state index is 12.1. The lowest BCUT2D eigenvalue weighted by Gasteiger charge is -2.11. The predicted octanol–water partition coefficient (Wildman–Crippen LogP) is 1.19. The Hall–Kier alpha value is -0.980. The molecule has 0 radical (unpaired) electrons. The normalized spacial score (nSPS) is 11.7. The summed E-state index contributed by atoms with van der Waals surface area (Å²) in [6, 6.07) is 7.12. The second-order valence-corrected chi connectivity index (χ2v) is 7.39. The van der Waals surface area contributed by atoms with Crippen molar-refractivity contribution in [2.75, 3.05) is 26.4 Å². The molecular formula is C13H20N2O2S2. The molecule has 0 fully saturated rings. The van der Waals surface area contributed by atoms with E-state index < -0.39 is 9.84 Å². The molecule has 0 aliphatic heterocycles. The molecule has 0 unspecified atom stereocenters. The van der Waals surface area contributed by atoms with Gasteiger partial charge in [-0.1, -0.05) is 36.5 Å². The van der Waals surface area contributed by atoms with Crippen molar-refractivity contribution in [3.05, 3.63) is 35.4 Å². The Morgan fingerprint density at radius 3 is 2.53 bits per heavy atom. The van der Waals surface area contributed by atoms with Crippen molar-refractivity contribution in [3.8, 4) is 0 Å². The Bertz CT molecular complexity index is 539. The minimum Gasteiger partial charge on any atom is -0.389 e. The van der Waals surface area contributed by atoms with Crippen LogP contribution in [-0.2, 0) is 15.6 Å². The maximum Gasteiger partial charge on any atom is 0.154 e. The second-order valence-electron chi connectivity index (χ2n) is 4.77. The minimum atomic E-state index is -3.13. The molecule has 0 atom stereocenters. The fourth-order valence-corrected chi connectivity index (χ4v) is 3.43. The molecule has 6 heteroatoms. The highest BCUT2D eigenvalue weighted by atomic mass is 32.2. The first-order valence-electron chi connectivity index (χ1n) is 6.05. The molecule has 0 amide bonds. The summed E-state index contributed by atoms with van der Waals surface area (Å²) in [5.74, 6) is 0.171. The van der Waals surface area contributed by atoms with Crippen molar-refractivity contribution in [1.82, 2.24) is 4.90 Å². The van der Waals surface area contributed by atoms with Gasteiger partial charge in [-0.2, -0.15) is 0 Å². The molecular weight excluding hydrogens is 280 g/mol. The van der Waals surface area contributed by atoms with Crippen molar-refractivity contribution in [2.24, 2.45) is 5.73 Å². The number of benzene rings is 1. The van der Waals surface area contributed by atoms with Gasteiger partial charge in [0.25, 0.3) is 0 Å². The van der Waals surface area contributed by atoms with Crippen LogP contribution >= 0.6 is 12.2 Å². The topological polar surface area (TPSA) is 63.4 Å². The first kappa shape index (κ1) is 16.1. The van der Waals surface area contributed by atoms with E-state index in [-0.39, 0.29) is 16.5 Å². The van der Waals surface area contributed by atoms with E-state index in [1.807, 2.05) is 19.0 Å². The highest BCUT2D eigenvalue weighted by Crippen LogP contribution is 2.13. The van der Waals surface area contributed by atoms with Crippen molar-refractivity contribution in [3.63, 3.8) is 0 Å². The Morgan fingerprint density at radius 1 is 1.32 bits per heavy atom. The molecule has 1 rings (SSSR count). The summed E-state index contributed by atoms with van der Waals surface area (Å²) in [4.78, 5) is 2.21. The molecule has 0 aliphatic carbocycles. The van der Waals surface area contributed by atoms with Gasteiger partial charge >= 0.3 is 0 Å². The monoisotopic (exact) mass is 300 g/mol. The molecule has 0 saturated carbocycles. The van der Waals surface area contributed by atoms with Gasteiger partial charge in [0.15, 0.2) is 9.84 Å². The zero-order valence-corrected chi connectivity index (χ0v) is 12.9. The summed E-state index contributed by atoms with van der Waals surface area (Å²) in [6.45, 7) is 0.760. The molecule has 4 nitrogen and oxygen atoms in total. The number of nitrogens with two attached hydrogens (primary N) is 1. The fraction of sp³-hybridized carbons (Fsp3) is 0.462. The molecule has 19 heavy (non-hydrogen) atoms. The van der Waals surface area contributed by atoms with Crippen LogP contribution in [0, 0.1) is 0 Å². The third-order valence-corrected chi connectivity index (χ3v) is 4.60. The smallest absolute Gasteiger partial charge is 0.154 e. The summed E-state index contributed by atoms with van der Waals surface area (Å²) in [5.41, 5.74) is 6.93. The van der Waals surface area contributed by atoms with Gasteiger partial charge in [0.1, 0.15) is 4.99 Å². The number of hydrogen-bond acceptors (Lipinski definition) is 4. The van der Waals surface area contributed by atoms with Crippen LogP contribution in [0.1, 0.15) is 17.5 Å². The number of sulfone groups is 1. The molecule has 0 aromatic heterocycles. The third-order valence-electron chi connectivity index (χ3n) is 2.72. The largest absolute Gasteiger partial charge is 0.389 e. The zero-order valence-electron chi connectivity index (χ0n) is 11.3. The van der Waals surface area contributed by atoms with Gasteiger partial charge in [-0.25, -0.2) is 8.42 Å². The van der Waals surface area contributed by atoms with E-state index in [0.29, 0.717) is 17.5 Å². The number of nitrogens with zero attached hydrogens (tertiary/aromatic N) is 1. The molecule has 0 aliphatic rings. The average Bonchev–Trinajstić information content (AvgIpc) is 2.27. The third kappa shape index (κ3) is 5.67. The lowest BCUT2D eigenvalue weighted by molar-refractivity contribution is 0.408. The van der Waals surface area contributed by atoms with Crippen molar-refractivity contribution >= 4 is 27.0 Å². The molecule has 0 heterocycles. The van der Waals surface area contributed by atoms with E-state index in [4.69, 9.17) is 18.0 Å². The van der Waals surface area contributed by atoms with E-state index in [1.54, 1.807) is 24.3 Å². The van der Waals surface area contributed by atoms with Gasteiger partial charge in [0, 0.05) is 5.56 Å². The van der Waals surface area contributed by atoms with Gasteiger partial charge in [0.05, 0.1) is 11.5 Å². The van der Waals surface area contributed by atoms with E-state index in [9.17, 15) is 8.42 Å². The molecule has 0 spiro atoms. The van der Waals surface area contributed by atoms with Crippen molar-refractivity contribution < 1.29 is 8.42 Å². The summed E-state index contributed by atoms with van der Waals surface area (Å²) in [5, 5.41) is 0. The van der Waals surface area contributed by atoms with E-state index in [1.165, 1.54) is 0 Å². The molecule has 1 aromatic carbocycles. The van der Waals surface area contributed by atoms with Gasteiger partial charge in [-0.15, -0.1) is 0 Å².